The second-order valence-corrected chi connectivity index (χ2v) is 5.64. The molecule has 3 nitrogen and oxygen atoms in total. The van der Waals surface area contributed by atoms with Gasteiger partial charge in [0.05, 0.1) is 13.0 Å². The van der Waals surface area contributed by atoms with Gasteiger partial charge in [0.25, 0.3) is 0 Å². The monoisotopic (exact) mass is 299 g/mol. The highest BCUT2D eigenvalue weighted by Crippen LogP contribution is 2.16. The number of benzene rings is 1. The normalized spacial score (nSPS) is 9.81. The van der Waals surface area contributed by atoms with Crippen LogP contribution in [0.1, 0.15) is 22.4 Å². The van der Waals surface area contributed by atoms with E-state index in [4.69, 9.17) is 5.11 Å². The number of aliphatic hydroxyl groups excluding tert-OH is 1. The number of hydrogen-bond acceptors (Lipinski definition) is 3. The number of carbonyl (C=O) groups excluding carboxylic acids is 1. The van der Waals surface area contributed by atoms with Crippen LogP contribution in [0, 0.1) is 18.8 Å². The molecule has 1 aromatic carbocycles. The van der Waals surface area contributed by atoms with Gasteiger partial charge >= 0.3 is 0 Å². The van der Waals surface area contributed by atoms with Crippen molar-refractivity contribution in [3.63, 3.8) is 0 Å². The van der Waals surface area contributed by atoms with Crippen LogP contribution < -0.4 is 5.32 Å². The van der Waals surface area contributed by atoms with E-state index in [9.17, 15) is 4.79 Å². The summed E-state index contributed by atoms with van der Waals surface area (Å²) in [5.41, 5.74) is 2.67. The summed E-state index contributed by atoms with van der Waals surface area (Å²) in [6.07, 6.45) is 0.839. The molecular formula is C17H17NO2S. The highest BCUT2D eigenvalue weighted by Gasteiger charge is 2.06. The summed E-state index contributed by atoms with van der Waals surface area (Å²) in [7, 11) is 0. The quantitative estimate of drug-likeness (QED) is 0.853. The predicted octanol–water partition coefficient (Wildman–Crippen LogP) is 2.97. The fourth-order valence-corrected chi connectivity index (χ4v) is 2.53. The van der Waals surface area contributed by atoms with E-state index >= 15 is 0 Å². The topological polar surface area (TPSA) is 49.3 Å². The van der Waals surface area contributed by atoms with Gasteiger partial charge in [-0.25, -0.2) is 0 Å². The van der Waals surface area contributed by atoms with Gasteiger partial charge in [-0.1, -0.05) is 24.0 Å². The lowest BCUT2D eigenvalue weighted by Gasteiger charge is -2.06. The summed E-state index contributed by atoms with van der Waals surface area (Å²) in [5, 5.41) is 13.6. The second kappa shape index (κ2) is 7.63. The highest BCUT2D eigenvalue weighted by molar-refractivity contribution is 7.10. The van der Waals surface area contributed by atoms with Gasteiger partial charge in [-0.2, -0.15) is 0 Å². The lowest BCUT2D eigenvalue weighted by Crippen LogP contribution is -2.13. The van der Waals surface area contributed by atoms with E-state index in [2.05, 4.69) is 17.2 Å². The molecule has 1 aromatic heterocycles. The van der Waals surface area contributed by atoms with Crippen LogP contribution in [0.4, 0.5) is 5.69 Å². The summed E-state index contributed by atoms with van der Waals surface area (Å²) in [6.45, 7) is 2.03. The molecular weight excluding hydrogens is 282 g/mol. The first kappa shape index (κ1) is 15.3. The van der Waals surface area contributed by atoms with Crippen molar-refractivity contribution in [1.29, 1.82) is 0 Å². The third-order valence-corrected chi connectivity index (χ3v) is 3.77. The number of aryl methyl sites for hydroxylation is 1. The molecule has 0 fully saturated rings. The van der Waals surface area contributed by atoms with E-state index in [1.54, 1.807) is 11.3 Å². The van der Waals surface area contributed by atoms with Gasteiger partial charge in [-0.05, 0) is 36.1 Å². The Morgan fingerprint density at radius 3 is 2.95 bits per heavy atom. The summed E-state index contributed by atoms with van der Waals surface area (Å²) in [4.78, 5) is 13.0. The van der Waals surface area contributed by atoms with Gasteiger partial charge < -0.3 is 10.4 Å². The number of hydrogen-bond donors (Lipinski definition) is 2. The Kier molecular flexibility index (Phi) is 5.56. The van der Waals surface area contributed by atoms with E-state index in [1.165, 1.54) is 0 Å². The molecule has 2 N–H and O–H groups in total. The van der Waals surface area contributed by atoms with Gasteiger partial charge in [0.1, 0.15) is 0 Å². The summed E-state index contributed by atoms with van der Waals surface area (Å²) < 4.78 is 0. The zero-order valence-corrected chi connectivity index (χ0v) is 12.7. The van der Waals surface area contributed by atoms with Crippen molar-refractivity contribution in [2.75, 3.05) is 11.9 Å². The number of carbonyl (C=O) groups is 1. The zero-order valence-electron chi connectivity index (χ0n) is 11.8. The molecule has 0 bridgehead atoms. The Morgan fingerprint density at radius 1 is 1.38 bits per heavy atom. The van der Waals surface area contributed by atoms with Crippen LogP contribution in [0.2, 0.25) is 0 Å². The molecule has 0 aliphatic heterocycles. The van der Waals surface area contributed by atoms with Gasteiger partial charge in [0.2, 0.25) is 5.91 Å². The van der Waals surface area contributed by atoms with Crippen molar-refractivity contribution in [3.05, 3.63) is 51.7 Å². The van der Waals surface area contributed by atoms with E-state index in [1.807, 2.05) is 42.6 Å². The van der Waals surface area contributed by atoms with Crippen molar-refractivity contribution in [2.24, 2.45) is 0 Å². The van der Waals surface area contributed by atoms with Gasteiger partial charge in [-0.3, -0.25) is 4.79 Å². The molecule has 0 saturated heterocycles. The van der Waals surface area contributed by atoms with E-state index in [0.29, 0.717) is 12.8 Å². The largest absolute Gasteiger partial charge is 0.395 e. The molecule has 0 saturated carbocycles. The summed E-state index contributed by atoms with van der Waals surface area (Å²) >= 11 is 1.57. The van der Waals surface area contributed by atoms with Gasteiger partial charge in [-0.15, -0.1) is 11.3 Å². The van der Waals surface area contributed by atoms with Crippen LogP contribution in [0.5, 0.6) is 0 Å². The first-order valence-electron chi connectivity index (χ1n) is 6.71. The number of aliphatic hydroxyl groups is 1. The van der Waals surface area contributed by atoms with E-state index < -0.39 is 0 Å². The third kappa shape index (κ3) is 4.75. The van der Waals surface area contributed by atoms with Crippen molar-refractivity contribution in [1.82, 2.24) is 0 Å². The van der Waals surface area contributed by atoms with Crippen LogP contribution in [0.3, 0.4) is 0 Å². The minimum absolute atomic E-state index is 0.0319. The number of nitrogens with one attached hydrogen (secondary N) is 1. The molecule has 4 heteroatoms. The zero-order chi connectivity index (χ0) is 15.1. The van der Waals surface area contributed by atoms with Crippen LogP contribution in [-0.4, -0.2) is 17.6 Å². The van der Waals surface area contributed by atoms with Crippen molar-refractivity contribution < 1.29 is 9.90 Å². The lowest BCUT2D eigenvalue weighted by atomic mass is 10.1. The standard InChI is InChI=1S/C17H17NO2S/c1-13-7-8-15(11-14(13)5-2-3-9-19)18-17(20)12-16-6-4-10-21-16/h4,6-8,10-11,19H,3,9,12H2,1H3,(H,18,20). The van der Waals surface area contributed by atoms with Crippen molar-refractivity contribution in [2.45, 2.75) is 19.8 Å². The third-order valence-electron chi connectivity index (χ3n) is 2.90. The SMILES string of the molecule is Cc1ccc(NC(=O)Cc2cccs2)cc1C#CCCO. The molecule has 21 heavy (non-hydrogen) atoms. The molecule has 0 atom stereocenters. The molecule has 0 aliphatic rings. The lowest BCUT2D eigenvalue weighted by molar-refractivity contribution is -0.115. The van der Waals surface area contributed by atoms with Crippen molar-refractivity contribution in [3.8, 4) is 11.8 Å². The summed E-state index contributed by atoms with van der Waals surface area (Å²) in [6, 6.07) is 9.56. The fraction of sp³-hybridized carbons (Fsp3) is 0.235. The molecule has 0 radical (unpaired) electrons. The number of rotatable bonds is 4. The maximum atomic E-state index is 12.0. The number of thiophene rings is 1. The smallest absolute Gasteiger partial charge is 0.229 e. The van der Waals surface area contributed by atoms with E-state index in [0.717, 1.165) is 21.7 Å². The minimum Gasteiger partial charge on any atom is -0.395 e. The first-order valence-corrected chi connectivity index (χ1v) is 7.59. The molecule has 2 aromatic rings. The number of anilines is 1. The van der Waals surface area contributed by atoms with Gasteiger partial charge in [0.15, 0.2) is 0 Å². The maximum absolute atomic E-state index is 12.0. The molecule has 0 spiro atoms. The molecule has 0 unspecified atom stereocenters. The van der Waals surface area contributed by atoms with Crippen LogP contribution in [0.25, 0.3) is 0 Å². The second-order valence-electron chi connectivity index (χ2n) is 4.61. The number of amides is 1. The Hall–Kier alpha value is -2.09. The fourth-order valence-electron chi connectivity index (χ4n) is 1.82. The molecule has 1 amide bonds. The van der Waals surface area contributed by atoms with Crippen LogP contribution in [0.15, 0.2) is 35.7 Å². The van der Waals surface area contributed by atoms with Crippen LogP contribution in [-0.2, 0) is 11.2 Å². The van der Waals surface area contributed by atoms with Gasteiger partial charge in [0, 0.05) is 22.5 Å². The molecule has 0 aliphatic carbocycles. The van der Waals surface area contributed by atoms with Crippen LogP contribution >= 0.6 is 11.3 Å². The highest BCUT2D eigenvalue weighted by atomic mass is 32.1. The molecule has 2 rings (SSSR count). The molecule has 1 heterocycles. The Balaban J connectivity index is 2.05. The minimum atomic E-state index is -0.0319. The Morgan fingerprint density at radius 2 is 2.24 bits per heavy atom. The van der Waals surface area contributed by atoms with E-state index in [-0.39, 0.29) is 12.5 Å². The predicted molar refractivity (Wildman–Crippen MR) is 86.4 cm³/mol. The summed E-state index contributed by atoms with van der Waals surface area (Å²) in [5.74, 6) is 5.88. The maximum Gasteiger partial charge on any atom is 0.229 e. The average Bonchev–Trinajstić information content (AvgIpc) is 2.95. The first-order chi connectivity index (χ1) is 10.2. The Bertz CT molecular complexity index is 666. The average molecular weight is 299 g/mol. The Labute approximate surface area is 128 Å². The van der Waals surface area contributed by atoms with Crippen molar-refractivity contribution >= 4 is 22.9 Å². The molecule has 108 valence electrons.